The summed E-state index contributed by atoms with van der Waals surface area (Å²) in [5.41, 5.74) is 3.90. The van der Waals surface area contributed by atoms with Crippen LogP contribution in [0.5, 0.6) is 5.75 Å². The fourth-order valence-corrected chi connectivity index (χ4v) is 3.11. The number of pyridine rings is 1. The fourth-order valence-electron chi connectivity index (χ4n) is 2.27. The number of rotatable bonds is 5. The third kappa shape index (κ3) is 3.35. The SMILES string of the molecule is COc1c(C)cnc(CC(O)Cc2nc(C)cs2)c1C. The molecule has 0 saturated heterocycles. The van der Waals surface area contributed by atoms with Crippen LogP contribution < -0.4 is 4.74 Å². The number of methoxy groups -OCH3 is 1. The van der Waals surface area contributed by atoms with Gasteiger partial charge in [0, 0.05) is 46.9 Å². The normalized spacial score (nSPS) is 12.4. The van der Waals surface area contributed by atoms with Gasteiger partial charge in [0.2, 0.25) is 0 Å². The molecule has 5 heteroatoms. The first-order chi connectivity index (χ1) is 9.51. The Balaban J connectivity index is 2.09. The molecule has 1 N–H and O–H groups in total. The molecule has 108 valence electrons. The molecule has 1 unspecified atom stereocenters. The number of nitrogens with zero attached hydrogens (tertiary/aromatic N) is 2. The summed E-state index contributed by atoms with van der Waals surface area (Å²) in [6, 6.07) is 0. The van der Waals surface area contributed by atoms with Gasteiger partial charge >= 0.3 is 0 Å². The van der Waals surface area contributed by atoms with Crippen molar-refractivity contribution in [2.45, 2.75) is 39.7 Å². The molecule has 0 fully saturated rings. The molecule has 0 aliphatic heterocycles. The number of ether oxygens (including phenoxy) is 1. The van der Waals surface area contributed by atoms with E-state index in [4.69, 9.17) is 4.74 Å². The smallest absolute Gasteiger partial charge is 0.128 e. The molecule has 2 aromatic heterocycles. The number of aliphatic hydroxyl groups is 1. The van der Waals surface area contributed by atoms with E-state index in [2.05, 4.69) is 9.97 Å². The molecule has 20 heavy (non-hydrogen) atoms. The number of hydrogen-bond donors (Lipinski definition) is 1. The lowest BCUT2D eigenvalue weighted by atomic mass is 10.0. The fraction of sp³-hybridized carbons (Fsp3) is 0.467. The van der Waals surface area contributed by atoms with Crippen LogP contribution in [0.4, 0.5) is 0 Å². The molecule has 0 aromatic carbocycles. The van der Waals surface area contributed by atoms with Crippen LogP contribution in [0.15, 0.2) is 11.6 Å². The summed E-state index contributed by atoms with van der Waals surface area (Å²) in [5, 5.41) is 13.2. The van der Waals surface area contributed by atoms with Gasteiger partial charge in [0.05, 0.1) is 18.2 Å². The van der Waals surface area contributed by atoms with Gasteiger partial charge in [-0.3, -0.25) is 4.98 Å². The number of aromatic nitrogens is 2. The van der Waals surface area contributed by atoms with Gasteiger partial charge in [-0.05, 0) is 20.8 Å². The van der Waals surface area contributed by atoms with E-state index in [-0.39, 0.29) is 0 Å². The van der Waals surface area contributed by atoms with E-state index in [0.29, 0.717) is 12.8 Å². The molecule has 0 amide bonds. The lowest BCUT2D eigenvalue weighted by Gasteiger charge is -2.14. The van der Waals surface area contributed by atoms with Crippen molar-refractivity contribution in [2.75, 3.05) is 7.11 Å². The number of aliphatic hydroxyl groups excluding tert-OH is 1. The summed E-state index contributed by atoms with van der Waals surface area (Å²) in [6.45, 7) is 5.91. The molecule has 4 nitrogen and oxygen atoms in total. The van der Waals surface area contributed by atoms with Gasteiger partial charge in [-0.1, -0.05) is 0 Å². The summed E-state index contributed by atoms with van der Waals surface area (Å²) >= 11 is 1.59. The van der Waals surface area contributed by atoms with Gasteiger partial charge in [-0.25, -0.2) is 4.98 Å². The molecular formula is C15H20N2O2S. The highest BCUT2D eigenvalue weighted by molar-refractivity contribution is 7.09. The first kappa shape index (κ1) is 14.9. The minimum Gasteiger partial charge on any atom is -0.496 e. The van der Waals surface area contributed by atoms with Crippen molar-refractivity contribution in [1.29, 1.82) is 0 Å². The molecule has 2 aromatic rings. The van der Waals surface area contributed by atoms with E-state index >= 15 is 0 Å². The van der Waals surface area contributed by atoms with E-state index < -0.39 is 6.10 Å². The summed E-state index contributed by atoms with van der Waals surface area (Å²) in [6.07, 6.45) is 2.40. The van der Waals surface area contributed by atoms with E-state index in [1.807, 2.05) is 26.2 Å². The van der Waals surface area contributed by atoms with Gasteiger partial charge in [0.25, 0.3) is 0 Å². The van der Waals surface area contributed by atoms with Crippen molar-refractivity contribution in [3.05, 3.63) is 39.1 Å². The topological polar surface area (TPSA) is 55.2 Å². The zero-order chi connectivity index (χ0) is 14.7. The standard InChI is InChI=1S/C15H20N2O2S/c1-9-7-16-13(11(3)15(9)19-4)5-12(18)6-14-17-10(2)8-20-14/h7-8,12,18H,5-6H2,1-4H3. The van der Waals surface area contributed by atoms with E-state index in [1.165, 1.54) is 0 Å². The largest absolute Gasteiger partial charge is 0.496 e. The minimum atomic E-state index is -0.473. The van der Waals surface area contributed by atoms with Crippen LogP contribution in [0.2, 0.25) is 0 Å². The first-order valence-corrected chi connectivity index (χ1v) is 7.47. The van der Waals surface area contributed by atoms with Crippen LogP contribution in [0, 0.1) is 20.8 Å². The Morgan fingerprint density at radius 1 is 1.30 bits per heavy atom. The maximum absolute atomic E-state index is 10.2. The maximum atomic E-state index is 10.2. The Morgan fingerprint density at radius 2 is 2.05 bits per heavy atom. The molecule has 0 saturated carbocycles. The van der Waals surface area contributed by atoms with Gasteiger partial charge < -0.3 is 9.84 Å². The zero-order valence-electron chi connectivity index (χ0n) is 12.3. The average molecular weight is 292 g/mol. The summed E-state index contributed by atoms with van der Waals surface area (Å²) in [5.74, 6) is 0.854. The molecule has 0 aliphatic rings. The van der Waals surface area contributed by atoms with Crippen molar-refractivity contribution in [1.82, 2.24) is 9.97 Å². The minimum absolute atomic E-state index is 0.473. The number of aryl methyl sites for hydroxylation is 2. The lowest BCUT2D eigenvalue weighted by molar-refractivity contribution is 0.173. The Hall–Kier alpha value is -1.46. The van der Waals surface area contributed by atoms with Crippen molar-refractivity contribution in [3.63, 3.8) is 0 Å². The third-order valence-electron chi connectivity index (χ3n) is 3.26. The molecule has 2 heterocycles. The van der Waals surface area contributed by atoms with Crippen LogP contribution in [0.3, 0.4) is 0 Å². The van der Waals surface area contributed by atoms with E-state index in [0.717, 1.165) is 33.3 Å². The van der Waals surface area contributed by atoms with Gasteiger partial charge in [0.1, 0.15) is 5.75 Å². The highest BCUT2D eigenvalue weighted by Crippen LogP contribution is 2.25. The predicted molar refractivity (Wildman–Crippen MR) is 80.5 cm³/mol. The molecular weight excluding hydrogens is 272 g/mol. The molecule has 1 atom stereocenters. The van der Waals surface area contributed by atoms with Crippen molar-refractivity contribution in [3.8, 4) is 5.75 Å². The average Bonchev–Trinajstić information content (AvgIpc) is 2.79. The van der Waals surface area contributed by atoms with E-state index in [9.17, 15) is 5.11 Å². The van der Waals surface area contributed by atoms with Crippen molar-refractivity contribution in [2.24, 2.45) is 0 Å². The van der Waals surface area contributed by atoms with E-state index in [1.54, 1.807) is 24.6 Å². The van der Waals surface area contributed by atoms with Crippen molar-refractivity contribution < 1.29 is 9.84 Å². The second-order valence-electron chi connectivity index (χ2n) is 4.99. The molecule has 0 bridgehead atoms. The molecule has 0 radical (unpaired) electrons. The monoisotopic (exact) mass is 292 g/mol. The van der Waals surface area contributed by atoms with Gasteiger partial charge in [-0.2, -0.15) is 0 Å². The van der Waals surface area contributed by atoms with Gasteiger partial charge in [0.15, 0.2) is 0 Å². The summed E-state index contributed by atoms with van der Waals surface area (Å²) in [7, 11) is 1.66. The Morgan fingerprint density at radius 3 is 2.65 bits per heavy atom. The maximum Gasteiger partial charge on any atom is 0.128 e. The quantitative estimate of drug-likeness (QED) is 0.920. The second-order valence-corrected chi connectivity index (χ2v) is 5.93. The van der Waals surface area contributed by atoms with Crippen LogP contribution in [-0.2, 0) is 12.8 Å². The van der Waals surface area contributed by atoms with Crippen LogP contribution >= 0.6 is 11.3 Å². The molecule has 2 rings (SSSR count). The Bertz CT molecular complexity index is 596. The zero-order valence-corrected chi connectivity index (χ0v) is 13.1. The first-order valence-electron chi connectivity index (χ1n) is 6.59. The lowest BCUT2D eigenvalue weighted by Crippen LogP contribution is -2.16. The van der Waals surface area contributed by atoms with Crippen LogP contribution in [-0.4, -0.2) is 28.3 Å². The van der Waals surface area contributed by atoms with Crippen LogP contribution in [0.25, 0.3) is 0 Å². The number of hydrogen-bond acceptors (Lipinski definition) is 5. The second kappa shape index (κ2) is 6.33. The van der Waals surface area contributed by atoms with Crippen LogP contribution in [0.1, 0.15) is 27.5 Å². The molecule has 0 aliphatic carbocycles. The Labute approximate surface area is 123 Å². The highest BCUT2D eigenvalue weighted by atomic mass is 32.1. The number of thiazole rings is 1. The third-order valence-corrected chi connectivity index (χ3v) is 4.24. The summed E-state index contributed by atoms with van der Waals surface area (Å²) < 4.78 is 5.39. The van der Waals surface area contributed by atoms with Crippen molar-refractivity contribution >= 4 is 11.3 Å². The molecule has 0 spiro atoms. The predicted octanol–water partition coefficient (Wildman–Crippen LogP) is 2.62. The van der Waals surface area contributed by atoms with Gasteiger partial charge in [-0.15, -0.1) is 11.3 Å². The highest BCUT2D eigenvalue weighted by Gasteiger charge is 2.15. The summed E-state index contributed by atoms with van der Waals surface area (Å²) in [4.78, 5) is 8.79. The Kier molecular flexibility index (Phi) is 4.73.